The number of hydrogen-bond donors (Lipinski definition) is 1. The van der Waals surface area contributed by atoms with Gasteiger partial charge in [-0.3, -0.25) is 14.6 Å². The van der Waals surface area contributed by atoms with Crippen LogP contribution < -0.4 is 5.32 Å². The first kappa shape index (κ1) is 14.7. The summed E-state index contributed by atoms with van der Waals surface area (Å²) in [4.78, 5) is 18.8. The van der Waals surface area contributed by atoms with Crippen LogP contribution in [0.3, 0.4) is 0 Å². The molecule has 2 heterocycles. The van der Waals surface area contributed by atoms with Gasteiger partial charge in [0.1, 0.15) is 6.04 Å². The largest absolute Gasteiger partial charge is 0.379 e. The van der Waals surface area contributed by atoms with Crippen LogP contribution in [0.2, 0.25) is 0 Å². The Balaban J connectivity index is 1.97. The summed E-state index contributed by atoms with van der Waals surface area (Å²) in [5, 5.41) is 3.34. The summed E-state index contributed by atoms with van der Waals surface area (Å²) in [6, 6.07) is -0.0183. The number of ether oxygens (including phenoxy) is 1. The second-order valence-corrected chi connectivity index (χ2v) is 5.45. The van der Waals surface area contributed by atoms with Gasteiger partial charge in [-0.05, 0) is 0 Å². The average molecular weight is 270 g/mol. The van der Waals surface area contributed by atoms with Gasteiger partial charge in [0.15, 0.2) is 0 Å². The smallest absolute Gasteiger partial charge is 0.240 e. The lowest BCUT2D eigenvalue weighted by Gasteiger charge is -2.38. The summed E-state index contributed by atoms with van der Waals surface area (Å²) in [6.45, 7) is 8.10. The highest BCUT2D eigenvalue weighted by molar-refractivity contribution is 5.81. The highest BCUT2D eigenvalue weighted by Crippen LogP contribution is 2.08. The monoisotopic (exact) mass is 270 g/mol. The summed E-state index contributed by atoms with van der Waals surface area (Å²) in [5.41, 5.74) is 0. The summed E-state index contributed by atoms with van der Waals surface area (Å²) >= 11 is 0. The molecule has 6 heteroatoms. The van der Waals surface area contributed by atoms with E-state index in [2.05, 4.69) is 15.1 Å². The minimum Gasteiger partial charge on any atom is -0.379 e. The van der Waals surface area contributed by atoms with E-state index in [-0.39, 0.29) is 11.9 Å². The lowest BCUT2D eigenvalue weighted by atomic mass is 10.1. The number of piperazine rings is 1. The molecule has 2 fully saturated rings. The van der Waals surface area contributed by atoms with Gasteiger partial charge in [-0.15, -0.1) is 0 Å². The van der Waals surface area contributed by atoms with Crippen molar-refractivity contribution in [3.8, 4) is 0 Å². The molecule has 0 radical (unpaired) electrons. The van der Waals surface area contributed by atoms with E-state index in [9.17, 15) is 4.79 Å². The van der Waals surface area contributed by atoms with Gasteiger partial charge < -0.3 is 15.0 Å². The maximum Gasteiger partial charge on any atom is 0.240 e. The Kier molecular flexibility index (Phi) is 5.57. The molecular formula is C13H26N4O2. The third kappa shape index (κ3) is 4.14. The predicted molar refractivity (Wildman–Crippen MR) is 74.2 cm³/mol. The molecule has 0 aromatic rings. The van der Waals surface area contributed by atoms with Crippen LogP contribution in [0.15, 0.2) is 0 Å². The molecule has 0 aliphatic carbocycles. The van der Waals surface area contributed by atoms with Crippen LogP contribution in [0.4, 0.5) is 0 Å². The number of hydrogen-bond acceptors (Lipinski definition) is 5. The molecule has 6 nitrogen and oxygen atoms in total. The molecule has 0 aromatic heterocycles. The average Bonchev–Trinajstić information content (AvgIpc) is 2.46. The number of carbonyl (C=O) groups is 1. The van der Waals surface area contributed by atoms with Gasteiger partial charge in [0.05, 0.1) is 13.2 Å². The van der Waals surface area contributed by atoms with Gasteiger partial charge in [0.2, 0.25) is 5.91 Å². The Morgan fingerprint density at radius 2 is 1.84 bits per heavy atom. The van der Waals surface area contributed by atoms with Crippen molar-refractivity contribution in [1.29, 1.82) is 0 Å². The van der Waals surface area contributed by atoms with E-state index in [1.165, 1.54) is 0 Å². The summed E-state index contributed by atoms with van der Waals surface area (Å²) < 4.78 is 5.37. The zero-order chi connectivity index (χ0) is 13.7. The minimum absolute atomic E-state index is 0.0183. The van der Waals surface area contributed by atoms with Crippen LogP contribution in [0, 0.1) is 0 Å². The Bertz CT molecular complexity index is 286. The van der Waals surface area contributed by atoms with Gasteiger partial charge in [0.25, 0.3) is 0 Å². The van der Waals surface area contributed by atoms with Gasteiger partial charge in [-0.25, -0.2) is 0 Å². The van der Waals surface area contributed by atoms with Gasteiger partial charge in [0, 0.05) is 59.9 Å². The molecule has 19 heavy (non-hydrogen) atoms. The van der Waals surface area contributed by atoms with E-state index in [0.717, 1.165) is 59.0 Å². The van der Waals surface area contributed by atoms with Gasteiger partial charge in [-0.2, -0.15) is 0 Å². The number of morpholine rings is 1. The molecule has 0 bridgehead atoms. The second kappa shape index (κ2) is 7.19. The van der Waals surface area contributed by atoms with Crippen molar-refractivity contribution in [2.24, 2.45) is 0 Å². The van der Waals surface area contributed by atoms with Crippen molar-refractivity contribution in [2.75, 3.05) is 73.1 Å². The first-order chi connectivity index (χ1) is 9.18. The zero-order valence-corrected chi connectivity index (χ0v) is 12.1. The van der Waals surface area contributed by atoms with Crippen molar-refractivity contribution < 1.29 is 9.53 Å². The summed E-state index contributed by atoms with van der Waals surface area (Å²) in [6.07, 6.45) is 0. The molecule has 0 saturated carbocycles. The predicted octanol–water partition coefficient (Wildman–Crippen LogP) is -1.32. The first-order valence-electron chi connectivity index (χ1n) is 7.14. The topological polar surface area (TPSA) is 48.1 Å². The van der Waals surface area contributed by atoms with E-state index in [0.29, 0.717) is 0 Å². The molecule has 2 saturated heterocycles. The van der Waals surface area contributed by atoms with E-state index in [1.54, 1.807) is 4.90 Å². The fraction of sp³-hybridized carbons (Fsp3) is 0.923. The van der Waals surface area contributed by atoms with E-state index >= 15 is 0 Å². The van der Waals surface area contributed by atoms with Gasteiger partial charge >= 0.3 is 0 Å². The van der Waals surface area contributed by atoms with Crippen LogP contribution >= 0.6 is 0 Å². The van der Waals surface area contributed by atoms with Crippen LogP contribution in [0.1, 0.15) is 0 Å². The van der Waals surface area contributed by atoms with Crippen molar-refractivity contribution in [3.05, 3.63) is 0 Å². The van der Waals surface area contributed by atoms with E-state index < -0.39 is 0 Å². The molecule has 2 aliphatic heterocycles. The van der Waals surface area contributed by atoms with E-state index in [4.69, 9.17) is 4.74 Å². The van der Waals surface area contributed by atoms with Crippen LogP contribution in [-0.4, -0.2) is 99.8 Å². The number of rotatable bonds is 4. The summed E-state index contributed by atoms with van der Waals surface area (Å²) in [7, 11) is 3.69. The van der Waals surface area contributed by atoms with Crippen molar-refractivity contribution in [1.82, 2.24) is 20.0 Å². The fourth-order valence-electron chi connectivity index (χ4n) is 2.67. The number of amides is 1. The Hall–Kier alpha value is -0.690. The highest BCUT2D eigenvalue weighted by Gasteiger charge is 2.30. The molecule has 2 aliphatic rings. The molecule has 0 aromatic carbocycles. The van der Waals surface area contributed by atoms with E-state index in [1.807, 2.05) is 14.1 Å². The first-order valence-corrected chi connectivity index (χ1v) is 7.14. The molecule has 1 N–H and O–H groups in total. The van der Waals surface area contributed by atoms with Crippen LogP contribution in [0.5, 0.6) is 0 Å². The molecule has 2 rings (SSSR count). The third-order valence-electron chi connectivity index (χ3n) is 3.85. The van der Waals surface area contributed by atoms with Crippen LogP contribution in [0.25, 0.3) is 0 Å². The number of nitrogens with one attached hydrogen (secondary N) is 1. The zero-order valence-electron chi connectivity index (χ0n) is 12.1. The molecule has 110 valence electrons. The minimum atomic E-state index is -0.0183. The third-order valence-corrected chi connectivity index (χ3v) is 3.85. The molecule has 0 spiro atoms. The summed E-state index contributed by atoms with van der Waals surface area (Å²) in [5.74, 6) is 0.216. The highest BCUT2D eigenvalue weighted by atomic mass is 16.5. The molecule has 1 amide bonds. The van der Waals surface area contributed by atoms with Gasteiger partial charge in [-0.1, -0.05) is 0 Å². The normalized spacial score (nSPS) is 24.1. The Morgan fingerprint density at radius 1 is 1.21 bits per heavy atom. The standard InChI is InChI=1S/C13H26N4O2/c1-15(2)13(18)12(17-5-3-14-4-6-17)11-16-7-9-19-10-8-16/h12,14H,3-11H2,1-2H3. The van der Waals surface area contributed by atoms with Crippen molar-refractivity contribution in [3.63, 3.8) is 0 Å². The second-order valence-electron chi connectivity index (χ2n) is 5.45. The fourth-order valence-corrected chi connectivity index (χ4v) is 2.67. The van der Waals surface area contributed by atoms with Crippen molar-refractivity contribution in [2.45, 2.75) is 6.04 Å². The maximum atomic E-state index is 12.4. The molecule has 1 atom stereocenters. The van der Waals surface area contributed by atoms with Crippen LogP contribution in [-0.2, 0) is 9.53 Å². The number of nitrogens with zero attached hydrogens (tertiary/aromatic N) is 3. The Morgan fingerprint density at radius 3 is 2.42 bits per heavy atom. The number of carbonyl (C=O) groups excluding carboxylic acids is 1. The molecule has 1 unspecified atom stereocenters. The quantitative estimate of drug-likeness (QED) is 0.687. The lowest BCUT2D eigenvalue weighted by molar-refractivity contribution is -0.136. The lowest BCUT2D eigenvalue weighted by Crippen LogP contribution is -2.58. The molecular weight excluding hydrogens is 244 g/mol. The SMILES string of the molecule is CN(C)C(=O)C(CN1CCOCC1)N1CCNCC1. The number of likely N-dealkylation sites (N-methyl/N-ethyl adjacent to an activating group) is 1. The van der Waals surface area contributed by atoms with Crippen molar-refractivity contribution >= 4 is 5.91 Å². The maximum absolute atomic E-state index is 12.4. The Labute approximate surface area is 115 Å².